The lowest BCUT2D eigenvalue weighted by molar-refractivity contribution is -0.156. The van der Waals surface area contributed by atoms with E-state index in [2.05, 4.69) is 10.3 Å². The Morgan fingerprint density at radius 1 is 1.37 bits per heavy atom. The van der Waals surface area contributed by atoms with E-state index in [4.69, 9.17) is 16.3 Å². The predicted octanol–water partition coefficient (Wildman–Crippen LogP) is 2.20. The van der Waals surface area contributed by atoms with Gasteiger partial charge in [-0.3, -0.25) is 4.79 Å². The fourth-order valence-electron chi connectivity index (χ4n) is 1.25. The van der Waals surface area contributed by atoms with Crippen molar-refractivity contribution in [3.8, 4) is 0 Å². The zero-order valence-corrected chi connectivity index (χ0v) is 12.1. The third-order valence-corrected chi connectivity index (χ3v) is 2.27. The van der Waals surface area contributed by atoms with E-state index in [-0.39, 0.29) is 10.8 Å². The Labute approximate surface area is 117 Å². The largest absolute Gasteiger partial charge is 0.458 e. The number of halogens is 1. The van der Waals surface area contributed by atoms with Crippen molar-refractivity contribution < 1.29 is 14.3 Å². The molecule has 5 nitrogen and oxygen atoms in total. The lowest BCUT2D eigenvalue weighted by Crippen LogP contribution is -2.42. The third kappa shape index (κ3) is 5.26. The second-order valence-electron chi connectivity index (χ2n) is 5.07. The van der Waals surface area contributed by atoms with Gasteiger partial charge in [-0.25, -0.2) is 9.78 Å². The Hall–Kier alpha value is -1.62. The van der Waals surface area contributed by atoms with Crippen molar-refractivity contribution >= 4 is 23.5 Å². The highest BCUT2D eigenvalue weighted by molar-refractivity contribution is 6.29. The Morgan fingerprint density at radius 3 is 2.53 bits per heavy atom. The van der Waals surface area contributed by atoms with Crippen LogP contribution in [0.15, 0.2) is 18.2 Å². The summed E-state index contributed by atoms with van der Waals surface area (Å²) >= 11 is 5.69. The van der Waals surface area contributed by atoms with Crippen molar-refractivity contribution in [1.29, 1.82) is 0 Å². The number of aromatic nitrogens is 1. The van der Waals surface area contributed by atoms with Gasteiger partial charge in [0.2, 0.25) is 0 Å². The molecule has 0 saturated heterocycles. The van der Waals surface area contributed by atoms with Crippen molar-refractivity contribution in [3.05, 3.63) is 29.0 Å². The maximum atomic E-state index is 11.8. The van der Waals surface area contributed by atoms with Gasteiger partial charge in [-0.15, -0.1) is 0 Å². The molecule has 0 aliphatic heterocycles. The van der Waals surface area contributed by atoms with Crippen LogP contribution < -0.4 is 5.32 Å². The molecule has 0 spiro atoms. The van der Waals surface area contributed by atoms with Gasteiger partial charge in [0.05, 0.1) is 0 Å². The molecule has 1 rings (SSSR count). The smallest absolute Gasteiger partial charge is 0.328 e. The van der Waals surface area contributed by atoms with Crippen molar-refractivity contribution in [3.63, 3.8) is 0 Å². The molecule has 1 N–H and O–H groups in total. The summed E-state index contributed by atoms with van der Waals surface area (Å²) in [7, 11) is 0. The first-order chi connectivity index (χ1) is 8.69. The molecule has 0 saturated carbocycles. The topological polar surface area (TPSA) is 68.3 Å². The first-order valence-corrected chi connectivity index (χ1v) is 6.23. The van der Waals surface area contributed by atoms with Crippen molar-refractivity contribution in [2.75, 3.05) is 0 Å². The second-order valence-corrected chi connectivity index (χ2v) is 5.46. The Balaban J connectivity index is 2.64. The summed E-state index contributed by atoms with van der Waals surface area (Å²) in [5.74, 6) is -0.969. The molecule has 1 aromatic heterocycles. The van der Waals surface area contributed by atoms with Gasteiger partial charge in [-0.05, 0) is 39.8 Å². The van der Waals surface area contributed by atoms with E-state index in [1.165, 1.54) is 6.07 Å². The standard InChI is InChI=1S/C13H17ClN2O3/c1-8(12(18)19-13(2,3)4)15-11(17)9-6-5-7-10(14)16-9/h5-8H,1-4H3,(H,15,17)/t8-/m1/s1. The number of carbonyl (C=O) groups excluding carboxylic acids is 2. The van der Waals surface area contributed by atoms with Crippen LogP contribution in [0.4, 0.5) is 0 Å². The number of amides is 1. The van der Waals surface area contributed by atoms with E-state index in [0.717, 1.165) is 0 Å². The van der Waals surface area contributed by atoms with E-state index in [0.29, 0.717) is 0 Å². The Bertz CT molecular complexity index is 483. The fourth-order valence-corrected chi connectivity index (χ4v) is 1.42. The van der Waals surface area contributed by atoms with Crippen LogP contribution in [0.1, 0.15) is 38.2 Å². The summed E-state index contributed by atoms with van der Waals surface area (Å²) < 4.78 is 5.16. The minimum absolute atomic E-state index is 0.155. The highest BCUT2D eigenvalue weighted by atomic mass is 35.5. The zero-order chi connectivity index (χ0) is 14.6. The van der Waals surface area contributed by atoms with E-state index >= 15 is 0 Å². The normalized spacial score (nSPS) is 12.7. The number of hydrogen-bond acceptors (Lipinski definition) is 4. The number of carbonyl (C=O) groups is 2. The number of nitrogens with zero attached hydrogens (tertiary/aromatic N) is 1. The van der Waals surface area contributed by atoms with Gasteiger partial charge in [0, 0.05) is 0 Å². The van der Waals surface area contributed by atoms with Crippen LogP contribution in [0.5, 0.6) is 0 Å². The van der Waals surface area contributed by atoms with Crippen LogP contribution in [0.25, 0.3) is 0 Å². The monoisotopic (exact) mass is 284 g/mol. The second kappa shape index (κ2) is 6.02. The van der Waals surface area contributed by atoms with Gasteiger partial charge in [0.1, 0.15) is 22.5 Å². The SMILES string of the molecule is C[C@@H](NC(=O)c1cccc(Cl)n1)C(=O)OC(C)(C)C. The van der Waals surface area contributed by atoms with Gasteiger partial charge < -0.3 is 10.1 Å². The number of pyridine rings is 1. The van der Waals surface area contributed by atoms with Gasteiger partial charge in [0.25, 0.3) is 5.91 Å². The van der Waals surface area contributed by atoms with Crippen LogP contribution in [0.2, 0.25) is 5.15 Å². The maximum absolute atomic E-state index is 11.8. The molecule has 0 aromatic carbocycles. The van der Waals surface area contributed by atoms with E-state index in [1.54, 1.807) is 39.8 Å². The molecule has 0 radical (unpaired) electrons. The minimum Gasteiger partial charge on any atom is -0.458 e. The quantitative estimate of drug-likeness (QED) is 0.682. The van der Waals surface area contributed by atoms with Crippen molar-refractivity contribution in [2.45, 2.75) is 39.3 Å². The summed E-state index contributed by atoms with van der Waals surface area (Å²) in [5.41, 5.74) is -0.437. The van der Waals surface area contributed by atoms with Gasteiger partial charge in [-0.1, -0.05) is 17.7 Å². The summed E-state index contributed by atoms with van der Waals surface area (Å²) in [5, 5.41) is 2.73. The van der Waals surface area contributed by atoms with E-state index in [9.17, 15) is 9.59 Å². The first kappa shape index (κ1) is 15.4. The molecular formula is C13H17ClN2O3. The third-order valence-electron chi connectivity index (χ3n) is 2.06. The molecule has 1 atom stereocenters. The average Bonchev–Trinajstić information content (AvgIpc) is 2.26. The van der Waals surface area contributed by atoms with E-state index < -0.39 is 23.5 Å². The molecule has 0 aliphatic carbocycles. The number of hydrogen-bond donors (Lipinski definition) is 1. The summed E-state index contributed by atoms with van der Waals surface area (Å²) in [6.07, 6.45) is 0. The van der Waals surface area contributed by atoms with Crippen molar-refractivity contribution in [2.24, 2.45) is 0 Å². The highest BCUT2D eigenvalue weighted by Crippen LogP contribution is 2.09. The van der Waals surface area contributed by atoms with Crippen LogP contribution in [0, 0.1) is 0 Å². The molecule has 1 aromatic rings. The molecule has 1 heterocycles. The average molecular weight is 285 g/mol. The predicted molar refractivity (Wildman–Crippen MR) is 72.0 cm³/mol. The lowest BCUT2D eigenvalue weighted by atomic mass is 10.2. The van der Waals surface area contributed by atoms with Crippen LogP contribution in [-0.2, 0) is 9.53 Å². The lowest BCUT2D eigenvalue weighted by Gasteiger charge is -2.22. The van der Waals surface area contributed by atoms with Crippen LogP contribution in [0.3, 0.4) is 0 Å². The van der Waals surface area contributed by atoms with Gasteiger partial charge >= 0.3 is 5.97 Å². The molecule has 0 bridgehead atoms. The molecule has 6 heteroatoms. The van der Waals surface area contributed by atoms with Gasteiger partial charge in [0.15, 0.2) is 0 Å². The zero-order valence-electron chi connectivity index (χ0n) is 11.4. The molecule has 1 amide bonds. The van der Waals surface area contributed by atoms with Crippen LogP contribution in [-0.4, -0.2) is 28.5 Å². The van der Waals surface area contributed by atoms with Gasteiger partial charge in [-0.2, -0.15) is 0 Å². The molecule has 0 fully saturated rings. The highest BCUT2D eigenvalue weighted by Gasteiger charge is 2.23. The molecule has 0 aliphatic rings. The Kier molecular flexibility index (Phi) is 4.89. The maximum Gasteiger partial charge on any atom is 0.328 e. The first-order valence-electron chi connectivity index (χ1n) is 5.85. The number of ether oxygens (including phenoxy) is 1. The Morgan fingerprint density at radius 2 is 2.00 bits per heavy atom. The number of esters is 1. The van der Waals surface area contributed by atoms with Crippen molar-refractivity contribution in [1.82, 2.24) is 10.3 Å². The summed E-state index contributed by atoms with van der Waals surface area (Å²) in [6.45, 7) is 6.84. The molecule has 0 unspecified atom stereocenters. The molecule has 104 valence electrons. The van der Waals surface area contributed by atoms with E-state index in [1.807, 2.05) is 0 Å². The number of nitrogens with one attached hydrogen (secondary N) is 1. The minimum atomic E-state index is -0.757. The summed E-state index contributed by atoms with van der Waals surface area (Å²) in [6, 6.07) is 3.94. The molecule has 19 heavy (non-hydrogen) atoms. The fraction of sp³-hybridized carbons (Fsp3) is 0.462. The number of rotatable bonds is 3. The molecular weight excluding hydrogens is 268 g/mol. The summed E-state index contributed by atoms with van der Waals surface area (Å²) in [4.78, 5) is 27.4. The van der Waals surface area contributed by atoms with Crippen LogP contribution >= 0.6 is 11.6 Å².